The summed E-state index contributed by atoms with van der Waals surface area (Å²) in [5.41, 5.74) is 2.29. The molecular formula is C24H26ClFN8. The molecule has 4 aliphatic rings. The first-order valence-corrected chi connectivity index (χ1v) is 12.2. The van der Waals surface area contributed by atoms with Gasteiger partial charge in [-0.3, -0.25) is 9.47 Å². The fraction of sp³-hybridized carbons (Fsp3) is 0.500. The van der Waals surface area contributed by atoms with Crippen molar-refractivity contribution in [3.63, 3.8) is 0 Å². The van der Waals surface area contributed by atoms with Crippen molar-refractivity contribution in [2.75, 3.05) is 42.5 Å². The molecule has 3 aromatic rings. The predicted molar refractivity (Wildman–Crippen MR) is 127 cm³/mol. The molecule has 34 heavy (non-hydrogen) atoms. The highest BCUT2D eigenvalue weighted by atomic mass is 35.5. The van der Waals surface area contributed by atoms with Crippen molar-refractivity contribution < 1.29 is 4.39 Å². The molecule has 3 aliphatic heterocycles. The summed E-state index contributed by atoms with van der Waals surface area (Å²) in [5, 5.41) is 9.83. The maximum atomic E-state index is 14.6. The first-order valence-electron chi connectivity index (χ1n) is 11.8. The zero-order valence-corrected chi connectivity index (χ0v) is 19.8. The average molecular weight is 481 g/mol. The number of nitrogens with zero attached hydrogens (tertiary/aromatic N) is 8. The number of benzene rings is 1. The minimum atomic E-state index is -1.06. The Morgan fingerprint density at radius 1 is 1.03 bits per heavy atom. The van der Waals surface area contributed by atoms with Gasteiger partial charge in [-0.1, -0.05) is 11.6 Å². The fourth-order valence-electron chi connectivity index (χ4n) is 5.66. The zero-order chi connectivity index (χ0) is 23.1. The van der Waals surface area contributed by atoms with E-state index >= 15 is 0 Å². The molecule has 2 aromatic heterocycles. The summed E-state index contributed by atoms with van der Waals surface area (Å²) in [6.07, 6.45) is 3.11. The molecule has 0 amide bonds. The predicted octanol–water partition coefficient (Wildman–Crippen LogP) is 3.16. The van der Waals surface area contributed by atoms with Crippen molar-refractivity contribution in [2.45, 2.75) is 38.5 Å². The fourth-order valence-corrected chi connectivity index (χ4v) is 5.86. The molecule has 7 rings (SSSR count). The minimum absolute atomic E-state index is 0.242. The first-order chi connectivity index (χ1) is 16.4. The molecule has 176 valence electrons. The maximum absolute atomic E-state index is 14.6. The van der Waals surface area contributed by atoms with Gasteiger partial charge in [0.15, 0.2) is 5.82 Å². The van der Waals surface area contributed by atoms with Gasteiger partial charge in [0.25, 0.3) is 0 Å². The Kier molecular flexibility index (Phi) is 4.31. The first kappa shape index (κ1) is 20.6. The van der Waals surface area contributed by atoms with Crippen LogP contribution in [-0.2, 0) is 13.1 Å². The van der Waals surface area contributed by atoms with Crippen LogP contribution in [0.3, 0.4) is 0 Å². The van der Waals surface area contributed by atoms with Crippen LogP contribution in [0.15, 0.2) is 30.5 Å². The molecule has 0 unspecified atom stereocenters. The summed E-state index contributed by atoms with van der Waals surface area (Å²) in [5.74, 6) is 2.52. The minimum Gasteiger partial charge on any atom is -0.339 e. The maximum Gasteiger partial charge on any atom is 0.231 e. The van der Waals surface area contributed by atoms with E-state index in [2.05, 4.69) is 39.4 Å². The van der Waals surface area contributed by atoms with Gasteiger partial charge in [0.05, 0.1) is 12.2 Å². The number of anilines is 2. The van der Waals surface area contributed by atoms with E-state index in [9.17, 15) is 4.39 Å². The highest BCUT2D eigenvalue weighted by Gasteiger charge is 2.54. The summed E-state index contributed by atoms with van der Waals surface area (Å²) in [6.45, 7) is 7.39. The van der Waals surface area contributed by atoms with Crippen molar-refractivity contribution >= 4 is 23.5 Å². The smallest absolute Gasteiger partial charge is 0.231 e. The Bertz CT molecular complexity index is 1270. The van der Waals surface area contributed by atoms with Crippen molar-refractivity contribution in [1.82, 2.24) is 29.6 Å². The van der Waals surface area contributed by atoms with Crippen molar-refractivity contribution in [3.8, 4) is 5.69 Å². The highest BCUT2D eigenvalue weighted by Crippen LogP contribution is 2.44. The second-order valence-electron chi connectivity index (χ2n) is 10.5. The van der Waals surface area contributed by atoms with E-state index in [1.807, 2.05) is 37.4 Å². The van der Waals surface area contributed by atoms with Crippen molar-refractivity contribution in [3.05, 3.63) is 52.6 Å². The topological polar surface area (TPSA) is 66.2 Å². The van der Waals surface area contributed by atoms with Gasteiger partial charge in [-0.2, -0.15) is 0 Å². The number of rotatable bonds is 4. The molecule has 0 radical (unpaired) electrons. The molecule has 0 bridgehead atoms. The van der Waals surface area contributed by atoms with Crippen LogP contribution in [-0.4, -0.2) is 68.0 Å². The van der Waals surface area contributed by atoms with Gasteiger partial charge in [-0.25, -0.2) is 14.4 Å². The molecule has 0 atom stereocenters. The molecular weight excluding hydrogens is 455 g/mol. The van der Waals surface area contributed by atoms with Gasteiger partial charge in [-0.15, -0.1) is 10.2 Å². The SMILES string of the molecule is Cc1ccnc(N2CC3(C2)CN(c2nnc4n2-c2ccc(Cl)cc2CN(CC2(F)CC2)C4)C3)n1. The number of halogens is 2. The standard InChI is InChI=1S/C24H26ClFN8/c1-16-4-7-27-21(28-16)32-11-23(12-32)13-33(14-23)22-30-29-20-10-31(15-24(26)5-6-24)9-17-8-18(25)2-3-19(17)34(20)22/h2-4,7-8H,5-6,9-15H2,1H3. The van der Waals surface area contributed by atoms with E-state index in [1.165, 1.54) is 0 Å². The third-order valence-electron chi connectivity index (χ3n) is 7.51. The summed E-state index contributed by atoms with van der Waals surface area (Å²) in [7, 11) is 0. The molecule has 8 nitrogen and oxygen atoms in total. The molecule has 0 N–H and O–H groups in total. The second-order valence-corrected chi connectivity index (χ2v) is 11.0. The quantitative estimate of drug-likeness (QED) is 0.568. The van der Waals surface area contributed by atoms with Gasteiger partial charge in [0.2, 0.25) is 11.9 Å². The Labute approximate surface area is 202 Å². The lowest BCUT2D eigenvalue weighted by Crippen LogP contribution is -2.73. The molecule has 5 heterocycles. The van der Waals surface area contributed by atoms with Crippen molar-refractivity contribution in [2.24, 2.45) is 5.41 Å². The summed E-state index contributed by atoms with van der Waals surface area (Å²) in [4.78, 5) is 15.7. The number of hydrogen-bond donors (Lipinski definition) is 0. The van der Waals surface area contributed by atoms with Gasteiger partial charge in [-0.05, 0) is 49.6 Å². The number of hydrogen-bond acceptors (Lipinski definition) is 7. The summed E-state index contributed by atoms with van der Waals surface area (Å²) in [6, 6.07) is 7.86. The van der Waals surface area contributed by atoms with E-state index in [0.29, 0.717) is 37.5 Å². The van der Waals surface area contributed by atoms with Crippen LogP contribution in [0.5, 0.6) is 0 Å². The number of aromatic nitrogens is 5. The number of fused-ring (bicyclic) bond motifs is 3. The third-order valence-corrected chi connectivity index (χ3v) is 7.74. The number of alkyl halides is 1. The summed E-state index contributed by atoms with van der Waals surface area (Å²) >= 11 is 6.34. The lowest BCUT2D eigenvalue weighted by Gasteiger charge is -2.60. The van der Waals surface area contributed by atoms with Crippen LogP contribution in [0.1, 0.15) is 29.9 Å². The van der Waals surface area contributed by atoms with E-state index in [-0.39, 0.29) is 5.41 Å². The van der Waals surface area contributed by atoms with E-state index in [0.717, 1.165) is 60.8 Å². The lowest BCUT2D eigenvalue weighted by atomic mass is 9.73. The molecule has 1 spiro atoms. The average Bonchev–Trinajstić information content (AvgIpc) is 3.36. The molecule has 10 heteroatoms. The largest absolute Gasteiger partial charge is 0.339 e. The Morgan fingerprint density at radius 3 is 2.59 bits per heavy atom. The Balaban J connectivity index is 1.13. The lowest BCUT2D eigenvalue weighted by molar-refractivity contribution is 0.152. The normalized spacial score (nSPS) is 22.0. The molecule has 1 saturated carbocycles. The van der Waals surface area contributed by atoms with E-state index in [1.54, 1.807) is 0 Å². The van der Waals surface area contributed by atoms with Crippen molar-refractivity contribution in [1.29, 1.82) is 0 Å². The van der Waals surface area contributed by atoms with Crippen LogP contribution >= 0.6 is 11.6 Å². The Hall–Kier alpha value is -2.78. The second kappa shape index (κ2) is 7.11. The molecule has 1 aliphatic carbocycles. The monoisotopic (exact) mass is 480 g/mol. The Morgan fingerprint density at radius 2 is 1.82 bits per heavy atom. The molecule has 1 aromatic carbocycles. The molecule has 3 fully saturated rings. The highest BCUT2D eigenvalue weighted by molar-refractivity contribution is 6.30. The van der Waals surface area contributed by atoms with Crippen LogP contribution in [0.2, 0.25) is 5.02 Å². The van der Waals surface area contributed by atoms with E-state index < -0.39 is 5.67 Å². The van der Waals surface area contributed by atoms with Crippen LogP contribution < -0.4 is 9.80 Å². The molecule has 2 saturated heterocycles. The van der Waals surface area contributed by atoms with Crippen LogP contribution in [0.25, 0.3) is 5.69 Å². The van der Waals surface area contributed by atoms with Gasteiger partial charge < -0.3 is 9.80 Å². The number of aryl methyl sites for hydroxylation is 1. The van der Waals surface area contributed by atoms with Gasteiger partial charge >= 0.3 is 0 Å². The van der Waals surface area contributed by atoms with Crippen LogP contribution in [0.4, 0.5) is 16.3 Å². The summed E-state index contributed by atoms with van der Waals surface area (Å²) < 4.78 is 16.8. The van der Waals surface area contributed by atoms with Gasteiger partial charge in [0.1, 0.15) is 5.67 Å². The van der Waals surface area contributed by atoms with E-state index in [4.69, 9.17) is 11.6 Å². The zero-order valence-electron chi connectivity index (χ0n) is 19.1. The van der Waals surface area contributed by atoms with Gasteiger partial charge in [0, 0.05) is 61.6 Å². The third kappa shape index (κ3) is 3.36. The van der Waals surface area contributed by atoms with Crippen LogP contribution in [0, 0.1) is 12.3 Å².